The monoisotopic (exact) mass is 458 g/mol. The first-order chi connectivity index (χ1) is 15.6. The van der Waals surface area contributed by atoms with Crippen molar-refractivity contribution in [1.82, 2.24) is 10.6 Å². The number of aliphatic hydroxyl groups is 1. The molecule has 0 saturated carbocycles. The van der Waals surface area contributed by atoms with Crippen LogP contribution in [0.1, 0.15) is 45.6 Å². The fraction of sp³-hybridized carbons (Fsp3) is 0.500. The Balaban J connectivity index is 2.69. The maximum atomic E-state index is 12.8. The van der Waals surface area contributed by atoms with Crippen molar-refractivity contribution >= 4 is 17.8 Å². The number of hydrogen-bond acceptors (Lipinski definition) is 5. The highest BCUT2D eigenvalue weighted by atomic mass is 16.5. The molecule has 1 aromatic rings. The third-order valence-electron chi connectivity index (χ3n) is 5.08. The van der Waals surface area contributed by atoms with Crippen LogP contribution in [-0.4, -0.2) is 47.7 Å². The van der Waals surface area contributed by atoms with Gasteiger partial charge in [-0.2, -0.15) is 0 Å². The molecule has 2 amide bonds. The maximum absolute atomic E-state index is 12.8. The number of amides is 2. The van der Waals surface area contributed by atoms with Crippen molar-refractivity contribution in [2.24, 2.45) is 11.8 Å². The van der Waals surface area contributed by atoms with Crippen molar-refractivity contribution in [1.29, 1.82) is 0 Å². The van der Waals surface area contributed by atoms with Gasteiger partial charge in [0.2, 0.25) is 11.8 Å². The van der Waals surface area contributed by atoms with Gasteiger partial charge in [-0.1, -0.05) is 42.5 Å². The third kappa shape index (κ3) is 11.0. The lowest BCUT2D eigenvalue weighted by atomic mass is 9.96. The fourth-order valence-corrected chi connectivity index (χ4v) is 3.29. The number of aliphatic hydroxyl groups excluding tert-OH is 1. The number of rotatable bonds is 15. The van der Waals surface area contributed by atoms with E-state index in [-0.39, 0.29) is 49.4 Å². The van der Waals surface area contributed by atoms with E-state index in [0.29, 0.717) is 19.3 Å². The zero-order chi connectivity index (χ0) is 24.9. The molecule has 7 nitrogen and oxygen atoms in total. The lowest BCUT2D eigenvalue weighted by Crippen LogP contribution is -2.50. The van der Waals surface area contributed by atoms with Gasteiger partial charge in [-0.25, -0.2) is 0 Å². The summed E-state index contributed by atoms with van der Waals surface area (Å²) in [6.07, 6.45) is 4.61. The number of carbonyl (C=O) groups is 3. The van der Waals surface area contributed by atoms with Crippen LogP contribution in [0.4, 0.5) is 0 Å². The molecule has 0 fully saturated rings. The number of carbonyl (C=O) groups excluding carboxylic acids is 3. The lowest BCUT2D eigenvalue weighted by molar-refractivity contribution is -0.151. The predicted molar refractivity (Wildman–Crippen MR) is 129 cm³/mol. The number of esters is 1. The largest absolute Gasteiger partial charge is 0.463 e. The van der Waals surface area contributed by atoms with Crippen LogP contribution in [0, 0.1) is 11.8 Å². The minimum Gasteiger partial charge on any atom is -0.463 e. The zero-order valence-electron chi connectivity index (χ0n) is 20.0. The Bertz CT molecular complexity index is 791. The van der Waals surface area contributed by atoms with Crippen LogP contribution in [-0.2, 0) is 25.5 Å². The molecule has 182 valence electrons. The topological polar surface area (TPSA) is 105 Å². The van der Waals surface area contributed by atoms with Gasteiger partial charge in [-0.3, -0.25) is 14.4 Å². The first kappa shape index (κ1) is 28.1. The minimum atomic E-state index is -0.827. The van der Waals surface area contributed by atoms with Crippen molar-refractivity contribution < 1.29 is 24.2 Å². The van der Waals surface area contributed by atoms with Gasteiger partial charge in [-0.15, -0.1) is 13.2 Å². The van der Waals surface area contributed by atoms with E-state index in [1.807, 2.05) is 30.3 Å². The summed E-state index contributed by atoms with van der Waals surface area (Å²) in [6, 6.07) is 9.31. The SMILES string of the molecule is C=CC[C@@H](CC(=O)N[C@@H](C)CO)C(=O)NC(C)(C)COC(=O)[C@@H](CC=C)Cc1ccccc1. The molecule has 0 spiro atoms. The number of allylic oxidation sites excluding steroid dienone is 2. The molecule has 0 radical (unpaired) electrons. The number of hydrogen-bond donors (Lipinski definition) is 3. The summed E-state index contributed by atoms with van der Waals surface area (Å²) in [7, 11) is 0. The second-order valence-electron chi connectivity index (χ2n) is 8.97. The Morgan fingerprint density at radius 2 is 1.70 bits per heavy atom. The van der Waals surface area contributed by atoms with Crippen molar-refractivity contribution in [2.75, 3.05) is 13.2 Å². The Labute approximate surface area is 197 Å². The summed E-state index contributed by atoms with van der Waals surface area (Å²) < 4.78 is 5.55. The molecule has 0 saturated heterocycles. The third-order valence-corrected chi connectivity index (χ3v) is 5.08. The van der Waals surface area contributed by atoms with Crippen LogP contribution in [0.3, 0.4) is 0 Å². The van der Waals surface area contributed by atoms with Crippen LogP contribution < -0.4 is 10.6 Å². The van der Waals surface area contributed by atoms with Crippen molar-refractivity contribution in [3.63, 3.8) is 0 Å². The Morgan fingerprint density at radius 1 is 1.09 bits per heavy atom. The highest BCUT2D eigenvalue weighted by Crippen LogP contribution is 2.17. The Kier molecular flexibility index (Phi) is 12.1. The van der Waals surface area contributed by atoms with Crippen LogP contribution in [0.2, 0.25) is 0 Å². The van der Waals surface area contributed by atoms with Gasteiger partial charge >= 0.3 is 5.97 Å². The summed E-state index contributed by atoms with van der Waals surface area (Å²) in [5.74, 6) is -1.97. The van der Waals surface area contributed by atoms with Crippen LogP contribution in [0.5, 0.6) is 0 Å². The van der Waals surface area contributed by atoms with E-state index in [1.165, 1.54) is 0 Å². The molecule has 0 aliphatic heterocycles. The summed E-state index contributed by atoms with van der Waals surface area (Å²) in [4.78, 5) is 37.7. The van der Waals surface area contributed by atoms with Gasteiger partial charge < -0.3 is 20.5 Å². The van der Waals surface area contributed by atoms with Gasteiger partial charge in [-0.05, 0) is 45.6 Å². The summed E-state index contributed by atoms with van der Waals surface area (Å²) in [5.41, 5.74) is 0.210. The van der Waals surface area contributed by atoms with Crippen molar-refractivity contribution in [3.8, 4) is 0 Å². The van der Waals surface area contributed by atoms with Gasteiger partial charge in [0.15, 0.2) is 0 Å². The number of benzene rings is 1. The molecule has 33 heavy (non-hydrogen) atoms. The molecule has 7 heteroatoms. The normalized spacial score (nSPS) is 13.8. The second-order valence-corrected chi connectivity index (χ2v) is 8.97. The Hall–Kier alpha value is -2.93. The van der Waals surface area contributed by atoms with E-state index in [4.69, 9.17) is 9.84 Å². The molecule has 0 bridgehead atoms. The summed E-state index contributed by atoms with van der Waals surface area (Å²) in [5, 5.41) is 14.6. The van der Waals surface area contributed by atoms with E-state index in [0.717, 1.165) is 5.56 Å². The molecular weight excluding hydrogens is 420 g/mol. The van der Waals surface area contributed by atoms with E-state index in [9.17, 15) is 14.4 Å². The molecule has 0 unspecified atom stereocenters. The van der Waals surface area contributed by atoms with Gasteiger partial charge in [0, 0.05) is 12.5 Å². The smallest absolute Gasteiger partial charge is 0.309 e. The molecule has 0 heterocycles. The average Bonchev–Trinajstić information content (AvgIpc) is 2.77. The first-order valence-corrected chi connectivity index (χ1v) is 11.3. The van der Waals surface area contributed by atoms with Crippen molar-refractivity contribution in [3.05, 3.63) is 61.2 Å². The summed E-state index contributed by atoms with van der Waals surface area (Å²) in [6.45, 7) is 12.4. The quantitative estimate of drug-likeness (QED) is 0.277. The highest BCUT2D eigenvalue weighted by molar-refractivity contribution is 5.86. The number of ether oxygens (including phenoxy) is 1. The minimum absolute atomic E-state index is 0.00540. The van der Waals surface area contributed by atoms with E-state index < -0.39 is 11.5 Å². The standard InChI is InChI=1S/C26H38N2O5/c1-6-11-21(16-23(30)27-19(3)17-29)24(31)28-26(4,5)18-33-25(32)22(12-7-2)15-20-13-9-8-10-14-20/h6-10,13-14,19,21-22,29H,1-2,11-12,15-18H2,3-5H3,(H,27,30)(H,28,31)/t19-,21-,22-/m0/s1. The molecule has 1 rings (SSSR count). The summed E-state index contributed by atoms with van der Waals surface area (Å²) >= 11 is 0. The van der Waals surface area contributed by atoms with E-state index >= 15 is 0 Å². The molecule has 1 aromatic carbocycles. The fourth-order valence-electron chi connectivity index (χ4n) is 3.29. The van der Waals surface area contributed by atoms with E-state index in [1.54, 1.807) is 32.9 Å². The molecular formula is C26H38N2O5. The highest BCUT2D eigenvalue weighted by Gasteiger charge is 2.29. The van der Waals surface area contributed by atoms with Crippen molar-refractivity contribution in [2.45, 2.75) is 58.0 Å². The molecule has 0 aliphatic carbocycles. The Morgan fingerprint density at radius 3 is 2.27 bits per heavy atom. The molecule has 0 aromatic heterocycles. The van der Waals surface area contributed by atoms with Gasteiger partial charge in [0.05, 0.1) is 24.0 Å². The number of nitrogens with one attached hydrogen (secondary N) is 2. The van der Waals surface area contributed by atoms with Gasteiger partial charge in [0.25, 0.3) is 0 Å². The van der Waals surface area contributed by atoms with Crippen LogP contribution in [0.25, 0.3) is 0 Å². The zero-order valence-corrected chi connectivity index (χ0v) is 20.0. The lowest BCUT2D eigenvalue weighted by Gasteiger charge is -2.29. The van der Waals surface area contributed by atoms with Gasteiger partial charge in [0.1, 0.15) is 6.61 Å². The molecule has 0 aliphatic rings. The molecule has 3 N–H and O–H groups in total. The maximum Gasteiger partial charge on any atom is 0.309 e. The predicted octanol–water partition coefficient (Wildman–Crippen LogP) is 2.94. The first-order valence-electron chi connectivity index (χ1n) is 11.3. The average molecular weight is 459 g/mol. The molecule has 3 atom stereocenters. The van der Waals surface area contributed by atoms with Crippen LogP contribution >= 0.6 is 0 Å². The van der Waals surface area contributed by atoms with Crippen LogP contribution in [0.15, 0.2) is 55.6 Å². The second kappa shape index (κ2) is 14.3. The van der Waals surface area contributed by atoms with E-state index in [2.05, 4.69) is 23.8 Å².